The summed E-state index contributed by atoms with van der Waals surface area (Å²) >= 11 is 0. The molecule has 0 heterocycles. The van der Waals surface area contributed by atoms with Gasteiger partial charge < -0.3 is 5.11 Å². The van der Waals surface area contributed by atoms with Crippen molar-refractivity contribution in [2.24, 2.45) is 5.92 Å². The van der Waals surface area contributed by atoms with Gasteiger partial charge in [0.25, 0.3) is 0 Å². The molecule has 0 radical (unpaired) electrons. The van der Waals surface area contributed by atoms with E-state index in [4.69, 9.17) is 0 Å². The number of hydrogen-bond acceptors (Lipinski definition) is 2. The zero-order chi connectivity index (χ0) is 14.9. The molecule has 0 atom stereocenters. The molecule has 1 aromatic carbocycles. The van der Waals surface area contributed by atoms with Gasteiger partial charge in [-0.3, -0.25) is 0 Å². The van der Waals surface area contributed by atoms with E-state index in [9.17, 15) is 9.90 Å². The smallest absolute Gasteiger partial charge is 0.421 e. The Morgan fingerprint density at radius 1 is 1.19 bits per heavy atom. The molecule has 1 saturated carbocycles. The summed E-state index contributed by atoms with van der Waals surface area (Å²) in [7, 11) is 0. The van der Waals surface area contributed by atoms with Crippen molar-refractivity contribution in [2.75, 3.05) is 6.54 Å². The van der Waals surface area contributed by atoms with Gasteiger partial charge in [0.1, 0.15) is 0 Å². The fourth-order valence-electron chi connectivity index (χ4n) is 3.03. The summed E-state index contributed by atoms with van der Waals surface area (Å²) in [5, 5.41) is 10.5. The molecule has 1 aliphatic carbocycles. The molecule has 1 aromatic rings. The lowest BCUT2D eigenvalue weighted by atomic mass is 10.0. The normalized spacial score (nSPS) is 15.2. The highest BCUT2D eigenvalue weighted by molar-refractivity contribution is 5.64. The van der Waals surface area contributed by atoms with E-state index in [-0.39, 0.29) is 0 Å². The van der Waals surface area contributed by atoms with Crippen molar-refractivity contribution in [3.63, 3.8) is 0 Å². The highest BCUT2D eigenvalue weighted by Crippen LogP contribution is 2.28. The van der Waals surface area contributed by atoms with Gasteiger partial charge in [-0.1, -0.05) is 68.9 Å². The van der Waals surface area contributed by atoms with Crippen molar-refractivity contribution in [1.29, 1.82) is 0 Å². The first kappa shape index (κ1) is 15.8. The minimum Gasteiger partial charge on any atom is -0.464 e. The highest BCUT2D eigenvalue weighted by Gasteiger charge is 2.15. The molecule has 0 aliphatic heterocycles. The number of hydrazine groups is 1. The van der Waals surface area contributed by atoms with Crippen molar-refractivity contribution in [3.05, 3.63) is 35.9 Å². The summed E-state index contributed by atoms with van der Waals surface area (Å²) in [4.78, 5) is 11.2. The second-order valence-corrected chi connectivity index (χ2v) is 5.90. The van der Waals surface area contributed by atoms with Crippen LogP contribution in [-0.2, 0) is 6.54 Å². The zero-order valence-electron chi connectivity index (χ0n) is 12.6. The Morgan fingerprint density at radius 2 is 1.90 bits per heavy atom. The number of rotatable bonds is 8. The van der Waals surface area contributed by atoms with Gasteiger partial charge in [-0.25, -0.2) is 15.2 Å². The largest absolute Gasteiger partial charge is 0.464 e. The standard InChI is InChI=1S/C17H26N2O2/c20-17(21)19(18-14-16-11-2-1-3-12-16)13-7-6-10-15-8-4-5-9-15/h1-3,11-12,15,18H,4-10,13-14H2,(H,20,21). The average Bonchev–Trinajstić information content (AvgIpc) is 3.00. The molecular formula is C17H26N2O2. The third-order valence-electron chi connectivity index (χ3n) is 4.27. The quantitative estimate of drug-likeness (QED) is 0.561. The second kappa shape index (κ2) is 8.67. The molecule has 1 amide bonds. The van der Waals surface area contributed by atoms with Crippen LogP contribution in [0.1, 0.15) is 50.5 Å². The van der Waals surface area contributed by atoms with E-state index in [1.54, 1.807) is 0 Å². The number of benzene rings is 1. The molecule has 2 rings (SSSR count). The molecule has 1 aliphatic rings. The Labute approximate surface area is 127 Å². The molecule has 116 valence electrons. The van der Waals surface area contributed by atoms with Crippen molar-refractivity contribution in [3.8, 4) is 0 Å². The highest BCUT2D eigenvalue weighted by atomic mass is 16.4. The van der Waals surface area contributed by atoms with Gasteiger partial charge in [0.05, 0.1) is 0 Å². The summed E-state index contributed by atoms with van der Waals surface area (Å²) in [6.07, 6.45) is 7.92. The Kier molecular flexibility index (Phi) is 6.54. The van der Waals surface area contributed by atoms with Crippen LogP contribution in [0.25, 0.3) is 0 Å². The molecule has 0 saturated heterocycles. The van der Waals surface area contributed by atoms with Gasteiger partial charge in [-0.2, -0.15) is 0 Å². The topological polar surface area (TPSA) is 52.6 Å². The summed E-state index contributed by atoms with van der Waals surface area (Å²) in [5.41, 5.74) is 4.09. The first-order valence-corrected chi connectivity index (χ1v) is 8.03. The van der Waals surface area contributed by atoms with Crippen molar-refractivity contribution in [2.45, 2.75) is 51.5 Å². The lowest BCUT2D eigenvalue weighted by Gasteiger charge is -2.20. The van der Waals surface area contributed by atoms with E-state index in [0.717, 1.165) is 24.3 Å². The van der Waals surface area contributed by atoms with Crippen LogP contribution < -0.4 is 5.43 Å². The van der Waals surface area contributed by atoms with Crippen molar-refractivity contribution in [1.82, 2.24) is 10.4 Å². The fourth-order valence-corrected chi connectivity index (χ4v) is 3.03. The number of nitrogens with one attached hydrogen (secondary N) is 1. The Balaban J connectivity index is 1.65. The molecule has 0 aromatic heterocycles. The maximum atomic E-state index is 11.2. The van der Waals surface area contributed by atoms with Crippen molar-refractivity contribution < 1.29 is 9.90 Å². The predicted octanol–water partition coefficient (Wildman–Crippen LogP) is 4.03. The Bertz CT molecular complexity index is 416. The Morgan fingerprint density at radius 3 is 2.57 bits per heavy atom. The van der Waals surface area contributed by atoms with Crippen molar-refractivity contribution >= 4 is 6.09 Å². The van der Waals surface area contributed by atoms with Crippen LogP contribution in [0.4, 0.5) is 4.79 Å². The first-order chi connectivity index (χ1) is 10.3. The average molecular weight is 290 g/mol. The van der Waals surface area contributed by atoms with Gasteiger partial charge >= 0.3 is 6.09 Å². The fraction of sp³-hybridized carbons (Fsp3) is 0.588. The third kappa shape index (κ3) is 5.76. The molecule has 21 heavy (non-hydrogen) atoms. The third-order valence-corrected chi connectivity index (χ3v) is 4.27. The molecule has 0 bridgehead atoms. The SMILES string of the molecule is O=C(O)N(CCCCC1CCCC1)NCc1ccccc1. The number of hydrogen-bond donors (Lipinski definition) is 2. The van der Waals surface area contributed by atoms with Crippen LogP contribution in [0.3, 0.4) is 0 Å². The number of amides is 1. The van der Waals surface area contributed by atoms with E-state index in [1.807, 2.05) is 30.3 Å². The summed E-state index contributed by atoms with van der Waals surface area (Å²) < 4.78 is 0. The molecular weight excluding hydrogens is 264 g/mol. The van der Waals surface area contributed by atoms with E-state index in [0.29, 0.717) is 13.1 Å². The zero-order valence-corrected chi connectivity index (χ0v) is 12.6. The maximum absolute atomic E-state index is 11.2. The van der Waals surface area contributed by atoms with E-state index in [2.05, 4.69) is 5.43 Å². The maximum Gasteiger partial charge on any atom is 0.421 e. The number of nitrogens with zero attached hydrogens (tertiary/aromatic N) is 1. The lowest BCUT2D eigenvalue weighted by molar-refractivity contribution is 0.117. The van der Waals surface area contributed by atoms with Crippen LogP contribution in [0.5, 0.6) is 0 Å². The Hall–Kier alpha value is -1.55. The van der Waals surface area contributed by atoms with Crippen LogP contribution >= 0.6 is 0 Å². The molecule has 0 spiro atoms. The summed E-state index contributed by atoms with van der Waals surface area (Å²) in [5.74, 6) is 0.889. The number of carbonyl (C=O) groups is 1. The molecule has 2 N–H and O–H groups in total. The minimum absolute atomic E-state index is 0.551. The van der Waals surface area contributed by atoms with Crippen LogP contribution in [0.2, 0.25) is 0 Å². The molecule has 0 unspecified atom stereocenters. The van der Waals surface area contributed by atoms with Crippen LogP contribution in [-0.4, -0.2) is 22.8 Å². The van der Waals surface area contributed by atoms with Gasteiger partial charge in [0, 0.05) is 13.1 Å². The van der Waals surface area contributed by atoms with Crippen LogP contribution in [0, 0.1) is 5.92 Å². The minimum atomic E-state index is -0.896. The van der Waals surface area contributed by atoms with Gasteiger partial charge in [-0.05, 0) is 17.9 Å². The lowest BCUT2D eigenvalue weighted by Crippen LogP contribution is -2.42. The van der Waals surface area contributed by atoms with Gasteiger partial charge in [0.15, 0.2) is 0 Å². The van der Waals surface area contributed by atoms with E-state index >= 15 is 0 Å². The van der Waals surface area contributed by atoms with E-state index in [1.165, 1.54) is 37.1 Å². The molecule has 1 fully saturated rings. The predicted molar refractivity (Wildman–Crippen MR) is 83.8 cm³/mol. The molecule has 4 nitrogen and oxygen atoms in total. The number of carboxylic acid groups (broad SMARTS) is 1. The first-order valence-electron chi connectivity index (χ1n) is 8.03. The monoisotopic (exact) mass is 290 g/mol. The molecule has 4 heteroatoms. The summed E-state index contributed by atoms with van der Waals surface area (Å²) in [6, 6.07) is 9.87. The van der Waals surface area contributed by atoms with Crippen LogP contribution in [0.15, 0.2) is 30.3 Å². The van der Waals surface area contributed by atoms with E-state index < -0.39 is 6.09 Å². The number of unbranched alkanes of at least 4 members (excludes halogenated alkanes) is 1. The second-order valence-electron chi connectivity index (χ2n) is 5.90. The van der Waals surface area contributed by atoms with Gasteiger partial charge in [0.2, 0.25) is 0 Å². The summed E-state index contributed by atoms with van der Waals surface area (Å²) in [6.45, 7) is 1.12. The van der Waals surface area contributed by atoms with Gasteiger partial charge in [-0.15, -0.1) is 0 Å².